The zero-order valence-electron chi connectivity index (χ0n) is 12.7. The Morgan fingerprint density at radius 1 is 1.42 bits per heavy atom. The average molecular weight is 266 g/mol. The molecule has 5 nitrogen and oxygen atoms in total. The molecular formula is C14H26N4O. The van der Waals surface area contributed by atoms with Gasteiger partial charge in [-0.15, -0.1) is 0 Å². The third-order valence-electron chi connectivity index (χ3n) is 3.34. The molecule has 0 fully saturated rings. The largest absolute Gasteiger partial charge is 0.368 e. The number of nitrogens with two attached hydrogens (primary N) is 1. The fraction of sp³-hybridized carbons (Fsp3) is 0.714. The normalized spacial score (nSPS) is 12.9. The summed E-state index contributed by atoms with van der Waals surface area (Å²) in [7, 11) is 0. The van der Waals surface area contributed by atoms with Gasteiger partial charge in [-0.3, -0.25) is 9.48 Å². The minimum absolute atomic E-state index is 0.324. The highest BCUT2D eigenvalue weighted by Crippen LogP contribution is 2.19. The van der Waals surface area contributed by atoms with Crippen molar-refractivity contribution in [3.63, 3.8) is 0 Å². The molecule has 1 heterocycles. The number of carbonyl (C=O) groups excluding carboxylic acids is 1. The summed E-state index contributed by atoms with van der Waals surface area (Å²) in [5, 5.41) is 7.89. The minimum atomic E-state index is -0.349. The van der Waals surface area contributed by atoms with Gasteiger partial charge < -0.3 is 11.1 Å². The van der Waals surface area contributed by atoms with Crippen molar-refractivity contribution in [2.75, 3.05) is 6.54 Å². The Labute approximate surface area is 115 Å². The van der Waals surface area contributed by atoms with Gasteiger partial charge in [-0.05, 0) is 32.7 Å². The monoisotopic (exact) mass is 266 g/mol. The summed E-state index contributed by atoms with van der Waals surface area (Å²) in [6, 6.07) is -0.349. The lowest BCUT2D eigenvalue weighted by Crippen LogP contribution is -2.27. The summed E-state index contributed by atoms with van der Waals surface area (Å²) in [5.74, 6) is 0.291. The van der Waals surface area contributed by atoms with E-state index in [4.69, 9.17) is 5.73 Å². The van der Waals surface area contributed by atoms with E-state index in [0.717, 1.165) is 24.5 Å². The molecule has 1 amide bonds. The summed E-state index contributed by atoms with van der Waals surface area (Å²) in [6.07, 6.45) is 0.663. The maximum absolute atomic E-state index is 11.5. The fourth-order valence-corrected chi connectivity index (χ4v) is 2.24. The van der Waals surface area contributed by atoms with Crippen molar-refractivity contribution < 1.29 is 4.79 Å². The predicted octanol–water partition coefficient (Wildman–Crippen LogP) is 1.68. The Hall–Kier alpha value is -1.36. The fourth-order valence-electron chi connectivity index (χ4n) is 2.24. The lowest BCUT2D eigenvalue weighted by Gasteiger charge is -2.14. The molecule has 1 atom stereocenters. The second-order valence-corrected chi connectivity index (χ2v) is 5.45. The molecule has 5 heteroatoms. The van der Waals surface area contributed by atoms with Crippen molar-refractivity contribution >= 4 is 5.91 Å². The summed E-state index contributed by atoms with van der Waals surface area (Å²) in [6.45, 7) is 12.0. The van der Waals surface area contributed by atoms with Crippen LogP contribution in [0.25, 0.3) is 0 Å². The number of aryl methyl sites for hydroxylation is 1. The van der Waals surface area contributed by atoms with Crippen LogP contribution in [0.5, 0.6) is 0 Å². The third kappa shape index (κ3) is 3.80. The van der Waals surface area contributed by atoms with Crippen LogP contribution in [0.2, 0.25) is 0 Å². The van der Waals surface area contributed by atoms with Crippen molar-refractivity contribution in [3.8, 4) is 0 Å². The second-order valence-electron chi connectivity index (χ2n) is 5.45. The van der Waals surface area contributed by atoms with E-state index >= 15 is 0 Å². The Bertz CT molecular complexity index is 437. The van der Waals surface area contributed by atoms with Gasteiger partial charge in [-0.2, -0.15) is 5.10 Å². The summed E-state index contributed by atoms with van der Waals surface area (Å²) in [4.78, 5) is 11.5. The van der Waals surface area contributed by atoms with Crippen LogP contribution in [-0.2, 0) is 11.3 Å². The topological polar surface area (TPSA) is 72.9 Å². The highest BCUT2D eigenvalue weighted by atomic mass is 16.1. The third-order valence-corrected chi connectivity index (χ3v) is 3.34. The van der Waals surface area contributed by atoms with E-state index in [1.807, 2.05) is 20.8 Å². The van der Waals surface area contributed by atoms with Crippen LogP contribution in [0.1, 0.15) is 50.2 Å². The van der Waals surface area contributed by atoms with Gasteiger partial charge in [0.15, 0.2) is 0 Å². The Kier molecular flexibility index (Phi) is 5.54. The first kappa shape index (κ1) is 15.7. The van der Waals surface area contributed by atoms with E-state index in [0.29, 0.717) is 12.3 Å². The molecule has 1 unspecified atom stereocenters. The van der Waals surface area contributed by atoms with Gasteiger partial charge in [-0.1, -0.05) is 20.8 Å². The molecule has 0 aliphatic rings. The SMILES string of the molecule is CCC(C(N)=O)n1nc(C)c(CNCC(C)C)c1C. The van der Waals surface area contributed by atoms with Gasteiger partial charge in [0.1, 0.15) is 6.04 Å². The van der Waals surface area contributed by atoms with Crippen LogP contribution >= 0.6 is 0 Å². The van der Waals surface area contributed by atoms with Crippen molar-refractivity contribution in [2.45, 2.75) is 53.6 Å². The zero-order chi connectivity index (χ0) is 14.6. The lowest BCUT2D eigenvalue weighted by atomic mass is 10.1. The van der Waals surface area contributed by atoms with E-state index < -0.39 is 0 Å². The van der Waals surface area contributed by atoms with Crippen LogP contribution in [0.4, 0.5) is 0 Å². The van der Waals surface area contributed by atoms with E-state index in [1.54, 1.807) is 4.68 Å². The molecule has 0 bridgehead atoms. The first-order valence-corrected chi connectivity index (χ1v) is 6.93. The van der Waals surface area contributed by atoms with Crippen molar-refractivity contribution in [2.24, 2.45) is 11.7 Å². The summed E-state index contributed by atoms with van der Waals surface area (Å²) in [5.41, 5.74) is 8.59. The van der Waals surface area contributed by atoms with Gasteiger partial charge in [0.2, 0.25) is 5.91 Å². The molecule has 0 radical (unpaired) electrons. The molecule has 0 saturated heterocycles. The van der Waals surface area contributed by atoms with Crippen molar-refractivity contribution in [3.05, 3.63) is 17.0 Å². The van der Waals surface area contributed by atoms with E-state index in [1.165, 1.54) is 5.56 Å². The lowest BCUT2D eigenvalue weighted by molar-refractivity contribution is -0.121. The molecule has 1 aromatic heterocycles. The van der Waals surface area contributed by atoms with Gasteiger partial charge >= 0.3 is 0 Å². The number of primary amides is 1. The van der Waals surface area contributed by atoms with E-state index in [9.17, 15) is 4.79 Å². The number of carbonyl (C=O) groups is 1. The summed E-state index contributed by atoms with van der Waals surface area (Å²) >= 11 is 0. The van der Waals surface area contributed by atoms with E-state index in [-0.39, 0.29) is 11.9 Å². The number of nitrogens with zero attached hydrogens (tertiary/aromatic N) is 2. The number of aromatic nitrogens is 2. The molecular weight excluding hydrogens is 240 g/mol. The van der Waals surface area contributed by atoms with Crippen LogP contribution in [-0.4, -0.2) is 22.2 Å². The highest BCUT2D eigenvalue weighted by Gasteiger charge is 2.21. The Morgan fingerprint density at radius 3 is 2.53 bits per heavy atom. The summed E-state index contributed by atoms with van der Waals surface area (Å²) < 4.78 is 1.77. The van der Waals surface area contributed by atoms with Crippen molar-refractivity contribution in [1.29, 1.82) is 0 Å². The molecule has 0 aromatic carbocycles. The van der Waals surface area contributed by atoms with Crippen molar-refractivity contribution in [1.82, 2.24) is 15.1 Å². The average Bonchev–Trinajstić information content (AvgIpc) is 2.57. The number of nitrogens with one attached hydrogen (secondary N) is 1. The second kappa shape index (κ2) is 6.70. The molecule has 1 rings (SSSR count). The maximum Gasteiger partial charge on any atom is 0.242 e. The Balaban J connectivity index is 2.90. The first-order valence-electron chi connectivity index (χ1n) is 6.93. The molecule has 19 heavy (non-hydrogen) atoms. The van der Waals surface area contributed by atoms with Gasteiger partial charge in [0, 0.05) is 17.8 Å². The molecule has 0 saturated carbocycles. The maximum atomic E-state index is 11.5. The number of hydrogen-bond acceptors (Lipinski definition) is 3. The smallest absolute Gasteiger partial charge is 0.242 e. The van der Waals surface area contributed by atoms with Crippen LogP contribution in [0, 0.1) is 19.8 Å². The molecule has 1 aromatic rings. The van der Waals surface area contributed by atoms with Gasteiger partial charge in [0.05, 0.1) is 5.69 Å². The molecule has 0 spiro atoms. The predicted molar refractivity (Wildman–Crippen MR) is 76.8 cm³/mol. The zero-order valence-corrected chi connectivity index (χ0v) is 12.7. The number of hydrogen-bond donors (Lipinski definition) is 2. The minimum Gasteiger partial charge on any atom is -0.368 e. The quantitative estimate of drug-likeness (QED) is 0.788. The first-order chi connectivity index (χ1) is 8.88. The van der Waals surface area contributed by atoms with Crippen LogP contribution in [0.15, 0.2) is 0 Å². The van der Waals surface area contributed by atoms with Gasteiger partial charge in [-0.25, -0.2) is 0 Å². The molecule has 0 aliphatic heterocycles. The Morgan fingerprint density at radius 2 is 2.05 bits per heavy atom. The standard InChI is InChI=1S/C14H26N4O/c1-6-13(14(15)19)18-11(5)12(10(4)17-18)8-16-7-9(2)3/h9,13,16H,6-8H2,1-5H3,(H2,15,19). The molecule has 3 N–H and O–H groups in total. The molecule has 0 aliphatic carbocycles. The highest BCUT2D eigenvalue weighted by molar-refractivity contribution is 5.78. The van der Waals surface area contributed by atoms with Gasteiger partial charge in [0.25, 0.3) is 0 Å². The van der Waals surface area contributed by atoms with Crippen LogP contribution in [0.3, 0.4) is 0 Å². The molecule has 108 valence electrons. The van der Waals surface area contributed by atoms with Crippen LogP contribution < -0.4 is 11.1 Å². The number of amides is 1. The van der Waals surface area contributed by atoms with E-state index in [2.05, 4.69) is 24.3 Å². The number of rotatable bonds is 7.